The minimum Gasteiger partial charge on any atom is -0.475 e. The zero-order valence-corrected chi connectivity index (χ0v) is 25.3. The Labute approximate surface area is 261 Å². The molecular formula is C32H34F3N5O4S. The van der Waals surface area contributed by atoms with Gasteiger partial charge >= 0.3 is 12.1 Å². The molecule has 1 fully saturated rings. The standard InChI is InChI=1S/C30H33N5O2S.C2HF3O2/c36-28(14-17-31-16-13-21-19-32-26-12-5-4-11-24(21)26)34-18-15-27-25(20-34)29(37)35(22-7-2-1-3-8-22)30(33-27)38-23-9-6-10-23;3-2(4,5)1(6)7/h1-5,7-8,11-12,19,23,31-32H,6,9-10,13-18,20H2;(H,6,7). The fourth-order valence-electron chi connectivity index (χ4n) is 5.23. The number of carbonyl (C=O) groups excluding carboxylic acids is 1. The van der Waals surface area contributed by atoms with Crippen molar-refractivity contribution in [2.24, 2.45) is 0 Å². The third kappa shape index (κ3) is 7.95. The highest BCUT2D eigenvalue weighted by atomic mass is 32.2. The molecular weight excluding hydrogens is 607 g/mol. The van der Waals surface area contributed by atoms with Crippen molar-refractivity contribution in [2.45, 2.75) is 61.7 Å². The number of rotatable bonds is 9. The van der Waals surface area contributed by atoms with Gasteiger partial charge in [0.1, 0.15) is 0 Å². The van der Waals surface area contributed by atoms with E-state index >= 15 is 0 Å². The summed E-state index contributed by atoms with van der Waals surface area (Å²) in [6, 6.07) is 18.1. The Morgan fingerprint density at radius 2 is 1.78 bits per heavy atom. The van der Waals surface area contributed by atoms with E-state index in [1.54, 1.807) is 16.3 Å². The first kappa shape index (κ1) is 32.3. The average molecular weight is 642 g/mol. The van der Waals surface area contributed by atoms with Crippen LogP contribution < -0.4 is 10.9 Å². The summed E-state index contributed by atoms with van der Waals surface area (Å²) in [7, 11) is 0. The van der Waals surface area contributed by atoms with Crippen molar-refractivity contribution in [3.63, 3.8) is 0 Å². The van der Waals surface area contributed by atoms with E-state index in [9.17, 15) is 22.8 Å². The van der Waals surface area contributed by atoms with E-state index in [0.717, 1.165) is 35.0 Å². The summed E-state index contributed by atoms with van der Waals surface area (Å²) in [5.41, 5.74) is 4.72. The molecule has 0 saturated heterocycles. The molecule has 9 nitrogen and oxygen atoms in total. The van der Waals surface area contributed by atoms with Crippen LogP contribution in [0.4, 0.5) is 13.2 Å². The lowest BCUT2D eigenvalue weighted by Crippen LogP contribution is -2.42. The first-order chi connectivity index (χ1) is 21.6. The summed E-state index contributed by atoms with van der Waals surface area (Å²) >= 11 is 1.72. The maximum Gasteiger partial charge on any atom is 0.490 e. The molecule has 0 unspecified atom stereocenters. The van der Waals surface area contributed by atoms with Gasteiger partial charge in [-0.1, -0.05) is 54.6 Å². The van der Waals surface area contributed by atoms with Gasteiger partial charge < -0.3 is 20.3 Å². The molecule has 238 valence electrons. The predicted molar refractivity (Wildman–Crippen MR) is 166 cm³/mol. The molecule has 1 aliphatic carbocycles. The molecule has 2 aromatic heterocycles. The van der Waals surface area contributed by atoms with Crippen LogP contribution in [0, 0.1) is 0 Å². The summed E-state index contributed by atoms with van der Waals surface area (Å²) in [6.45, 7) is 2.37. The summed E-state index contributed by atoms with van der Waals surface area (Å²) in [5, 5.41) is 13.1. The maximum absolute atomic E-state index is 13.8. The number of aromatic amines is 1. The van der Waals surface area contributed by atoms with Gasteiger partial charge in [0.05, 0.1) is 23.5 Å². The van der Waals surface area contributed by atoms with Gasteiger partial charge in [-0.3, -0.25) is 14.2 Å². The largest absolute Gasteiger partial charge is 0.490 e. The molecule has 45 heavy (non-hydrogen) atoms. The molecule has 0 spiro atoms. The number of carbonyl (C=O) groups is 2. The molecule has 1 saturated carbocycles. The van der Waals surface area contributed by atoms with E-state index in [1.807, 2.05) is 41.3 Å². The summed E-state index contributed by atoms with van der Waals surface area (Å²) < 4.78 is 33.5. The molecule has 0 radical (unpaired) electrons. The van der Waals surface area contributed by atoms with Gasteiger partial charge in [0.2, 0.25) is 5.91 Å². The van der Waals surface area contributed by atoms with E-state index in [2.05, 4.69) is 34.7 Å². The molecule has 13 heteroatoms. The minimum atomic E-state index is -5.08. The second kappa shape index (κ2) is 14.3. The van der Waals surface area contributed by atoms with Crippen molar-refractivity contribution in [3.8, 4) is 5.69 Å². The second-order valence-electron chi connectivity index (χ2n) is 10.9. The molecule has 6 rings (SSSR count). The molecule has 2 aromatic carbocycles. The Balaban J connectivity index is 0.000000515. The number of alkyl halides is 3. The lowest BCUT2D eigenvalue weighted by molar-refractivity contribution is -0.192. The monoisotopic (exact) mass is 641 g/mol. The summed E-state index contributed by atoms with van der Waals surface area (Å²) in [4.78, 5) is 45.8. The lowest BCUT2D eigenvalue weighted by atomic mass is 10.0. The van der Waals surface area contributed by atoms with Gasteiger partial charge in [0.25, 0.3) is 5.56 Å². The summed E-state index contributed by atoms with van der Waals surface area (Å²) in [5.74, 6) is -2.68. The predicted octanol–water partition coefficient (Wildman–Crippen LogP) is 5.10. The Hall–Kier alpha value is -4.10. The number of halogens is 3. The number of nitrogens with one attached hydrogen (secondary N) is 2. The highest BCUT2D eigenvalue weighted by molar-refractivity contribution is 7.99. The van der Waals surface area contributed by atoms with Crippen LogP contribution in [0.1, 0.15) is 42.5 Å². The average Bonchev–Trinajstić information content (AvgIpc) is 3.42. The van der Waals surface area contributed by atoms with Crippen molar-refractivity contribution in [2.75, 3.05) is 19.6 Å². The van der Waals surface area contributed by atoms with Gasteiger partial charge in [0.15, 0.2) is 5.16 Å². The number of nitrogens with zero attached hydrogens (tertiary/aromatic N) is 3. The lowest BCUT2D eigenvalue weighted by Gasteiger charge is -2.30. The number of hydrogen-bond acceptors (Lipinski definition) is 6. The van der Waals surface area contributed by atoms with Crippen molar-refractivity contribution >= 4 is 34.5 Å². The van der Waals surface area contributed by atoms with Gasteiger partial charge in [-0.15, -0.1) is 0 Å². The Morgan fingerprint density at radius 3 is 2.47 bits per heavy atom. The molecule has 3 N–H and O–H groups in total. The molecule has 1 amide bonds. The Kier molecular flexibility index (Phi) is 10.3. The van der Waals surface area contributed by atoms with E-state index in [1.165, 1.54) is 30.2 Å². The first-order valence-electron chi connectivity index (χ1n) is 14.8. The van der Waals surface area contributed by atoms with Gasteiger partial charge in [-0.2, -0.15) is 13.2 Å². The molecule has 4 aromatic rings. The zero-order chi connectivity index (χ0) is 32.0. The number of H-pyrrole nitrogens is 1. The third-order valence-corrected chi connectivity index (χ3v) is 9.18. The van der Waals surface area contributed by atoms with Crippen LogP contribution in [-0.4, -0.2) is 67.5 Å². The van der Waals surface area contributed by atoms with Crippen molar-refractivity contribution in [1.29, 1.82) is 0 Å². The topological polar surface area (TPSA) is 120 Å². The van der Waals surface area contributed by atoms with Crippen LogP contribution in [-0.2, 0) is 29.0 Å². The van der Waals surface area contributed by atoms with Gasteiger partial charge in [-0.05, 0) is 49.6 Å². The van der Waals surface area contributed by atoms with Crippen LogP contribution in [0.5, 0.6) is 0 Å². The number of para-hydroxylation sites is 2. The van der Waals surface area contributed by atoms with Crippen LogP contribution in [0.2, 0.25) is 0 Å². The second-order valence-corrected chi connectivity index (χ2v) is 12.2. The minimum absolute atomic E-state index is 0.0441. The maximum atomic E-state index is 13.8. The fraction of sp³-hybridized carbons (Fsp3) is 0.375. The highest BCUT2D eigenvalue weighted by Crippen LogP contribution is 2.36. The van der Waals surface area contributed by atoms with Crippen molar-refractivity contribution in [3.05, 3.63) is 88.0 Å². The molecule has 0 atom stereocenters. The fourth-order valence-corrected chi connectivity index (χ4v) is 6.55. The quantitative estimate of drug-likeness (QED) is 0.172. The van der Waals surface area contributed by atoms with E-state index < -0.39 is 12.1 Å². The number of hydrogen-bond donors (Lipinski definition) is 3. The van der Waals surface area contributed by atoms with E-state index in [0.29, 0.717) is 43.3 Å². The van der Waals surface area contributed by atoms with Gasteiger partial charge in [-0.25, -0.2) is 9.78 Å². The number of aromatic nitrogens is 3. The zero-order valence-electron chi connectivity index (χ0n) is 24.5. The highest BCUT2D eigenvalue weighted by Gasteiger charge is 2.38. The van der Waals surface area contributed by atoms with Crippen molar-refractivity contribution in [1.82, 2.24) is 24.8 Å². The van der Waals surface area contributed by atoms with Crippen LogP contribution in [0.15, 0.2) is 70.7 Å². The number of aliphatic carboxylic acids is 1. The number of fused-ring (bicyclic) bond motifs is 2. The van der Waals surface area contributed by atoms with E-state index in [4.69, 9.17) is 14.9 Å². The number of thioether (sulfide) groups is 1. The van der Waals surface area contributed by atoms with Crippen LogP contribution >= 0.6 is 11.8 Å². The Morgan fingerprint density at radius 1 is 1.07 bits per heavy atom. The summed E-state index contributed by atoms with van der Waals surface area (Å²) in [6.07, 6.45) is 2.51. The Bertz CT molecular complexity index is 1700. The van der Waals surface area contributed by atoms with Crippen LogP contribution in [0.25, 0.3) is 16.6 Å². The van der Waals surface area contributed by atoms with Crippen molar-refractivity contribution < 1.29 is 27.9 Å². The number of carboxylic acids is 1. The number of benzene rings is 2. The number of carboxylic acid groups (broad SMARTS) is 1. The molecule has 1 aliphatic heterocycles. The normalized spacial score (nSPS) is 14.8. The number of amides is 1. The first-order valence-corrected chi connectivity index (χ1v) is 15.7. The van der Waals surface area contributed by atoms with E-state index in [-0.39, 0.29) is 11.5 Å². The third-order valence-electron chi connectivity index (χ3n) is 7.89. The SMILES string of the molecule is O=C(CCNCCc1c[nH]c2ccccc12)N1CCc2nc(SC3CCC3)n(-c3ccccc3)c(=O)c2C1.O=C(O)C(F)(F)F. The molecule has 0 bridgehead atoms. The van der Waals surface area contributed by atoms with Crippen LogP contribution in [0.3, 0.4) is 0 Å². The smallest absolute Gasteiger partial charge is 0.475 e. The van der Waals surface area contributed by atoms with Gasteiger partial charge in [0, 0.05) is 48.3 Å². The molecule has 3 heterocycles. The molecule has 2 aliphatic rings.